The van der Waals surface area contributed by atoms with Crippen molar-refractivity contribution in [2.75, 3.05) is 5.73 Å². The molecule has 3 rings (SSSR count). The van der Waals surface area contributed by atoms with Gasteiger partial charge in [-0.1, -0.05) is 18.2 Å². The van der Waals surface area contributed by atoms with E-state index in [1.54, 1.807) is 6.20 Å². The minimum atomic E-state index is -0.0559. The minimum absolute atomic E-state index is 0.0559. The summed E-state index contributed by atoms with van der Waals surface area (Å²) in [5, 5.41) is 1.11. The van der Waals surface area contributed by atoms with Crippen LogP contribution < -0.4 is 10.5 Å². The lowest BCUT2D eigenvalue weighted by Gasteiger charge is -2.15. The zero-order valence-electron chi connectivity index (χ0n) is 11.3. The van der Waals surface area contributed by atoms with Crippen molar-refractivity contribution in [2.24, 2.45) is 0 Å². The van der Waals surface area contributed by atoms with Crippen LogP contribution in [0, 0.1) is 0 Å². The van der Waals surface area contributed by atoms with Gasteiger partial charge in [-0.2, -0.15) is 0 Å². The van der Waals surface area contributed by atoms with Gasteiger partial charge in [0.15, 0.2) is 0 Å². The molecule has 2 aromatic carbocycles. The lowest BCUT2D eigenvalue weighted by Crippen LogP contribution is -2.03. The summed E-state index contributed by atoms with van der Waals surface area (Å²) in [5.41, 5.74) is 8.54. The molecular weight excluding hydrogens is 248 g/mol. The molecule has 1 heterocycles. The fraction of sp³-hybridized carbons (Fsp3) is 0.118. The summed E-state index contributed by atoms with van der Waals surface area (Å²) in [7, 11) is 0. The fourth-order valence-corrected chi connectivity index (χ4v) is 2.20. The zero-order chi connectivity index (χ0) is 13.9. The molecule has 1 unspecified atom stereocenters. The summed E-state index contributed by atoms with van der Waals surface area (Å²) < 4.78 is 5.97. The normalized spacial score (nSPS) is 12.2. The Balaban J connectivity index is 1.85. The van der Waals surface area contributed by atoms with Crippen molar-refractivity contribution in [3.05, 3.63) is 66.4 Å². The van der Waals surface area contributed by atoms with Gasteiger partial charge in [0.25, 0.3) is 0 Å². The number of benzene rings is 2. The van der Waals surface area contributed by atoms with Crippen LogP contribution in [0.25, 0.3) is 10.9 Å². The highest BCUT2D eigenvalue weighted by molar-refractivity contribution is 5.79. The molecular formula is C17H16N2O. The van der Waals surface area contributed by atoms with Gasteiger partial charge >= 0.3 is 0 Å². The second kappa shape index (κ2) is 5.21. The van der Waals surface area contributed by atoms with Gasteiger partial charge in [-0.05, 0) is 42.8 Å². The van der Waals surface area contributed by atoms with Crippen LogP contribution in [0.15, 0.2) is 60.8 Å². The van der Waals surface area contributed by atoms with Crippen molar-refractivity contribution in [3.8, 4) is 5.75 Å². The van der Waals surface area contributed by atoms with Crippen LogP contribution in [-0.2, 0) is 0 Å². The topological polar surface area (TPSA) is 48.1 Å². The summed E-state index contributed by atoms with van der Waals surface area (Å²) in [6.07, 6.45) is 1.73. The molecule has 3 aromatic rings. The third-order valence-electron chi connectivity index (χ3n) is 3.27. The molecule has 0 amide bonds. The van der Waals surface area contributed by atoms with Crippen molar-refractivity contribution in [2.45, 2.75) is 13.0 Å². The molecule has 100 valence electrons. The molecule has 2 N–H and O–H groups in total. The number of nitrogens with two attached hydrogens (primary N) is 1. The van der Waals surface area contributed by atoms with Crippen molar-refractivity contribution in [3.63, 3.8) is 0 Å². The van der Waals surface area contributed by atoms with Gasteiger partial charge in [0.1, 0.15) is 11.9 Å². The van der Waals surface area contributed by atoms with Gasteiger partial charge < -0.3 is 10.5 Å². The number of rotatable bonds is 3. The summed E-state index contributed by atoms with van der Waals surface area (Å²) in [5.74, 6) is 0.811. The number of pyridine rings is 1. The summed E-state index contributed by atoms with van der Waals surface area (Å²) in [4.78, 5) is 4.34. The van der Waals surface area contributed by atoms with Crippen molar-refractivity contribution < 1.29 is 4.74 Å². The van der Waals surface area contributed by atoms with Gasteiger partial charge in [-0.25, -0.2) is 0 Å². The average molecular weight is 264 g/mol. The average Bonchev–Trinajstić information content (AvgIpc) is 2.47. The lowest BCUT2D eigenvalue weighted by molar-refractivity contribution is 0.227. The van der Waals surface area contributed by atoms with E-state index in [4.69, 9.17) is 10.5 Å². The van der Waals surface area contributed by atoms with Crippen LogP contribution in [0.2, 0.25) is 0 Å². The van der Waals surface area contributed by atoms with Crippen molar-refractivity contribution in [1.82, 2.24) is 4.98 Å². The van der Waals surface area contributed by atoms with Gasteiger partial charge in [0.2, 0.25) is 0 Å². The van der Waals surface area contributed by atoms with E-state index in [-0.39, 0.29) is 6.10 Å². The SMILES string of the molecule is CC(Oc1ccc2cccnc2c1)c1cccc(N)c1. The highest BCUT2D eigenvalue weighted by atomic mass is 16.5. The highest BCUT2D eigenvalue weighted by Gasteiger charge is 2.08. The van der Waals surface area contributed by atoms with Crippen LogP contribution in [0.1, 0.15) is 18.6 Å². The Bertz CT molecular complexity index is 740. The number of nitrogens with zero attached hydrogens (tertiary/aromatic N) is 1. The number of hydrogen-bond donors (Lipinski definition) is 1. The van der Waals surface area contributed by atoms with E-state index in [0.717, 1.165) is 27.9 Å². The van der Waals surface area contributed by atoms with Crippen molar-refractivity contribution in [1.29, 1.82) is 0 Å². The van der Waals surface area contributed by atoms with E-state index in [9.17, 15) is 0 Å². The monoisotopic (exact) mass is 264 g/mol. The number of hydrogen-bond acceptors (Lipinski definition) is 3. The molecule has 20 heavy (non-hydrogen) atoms. The maximum atomic E-state index is 5.97. The third-order valence-corrected chi connectivity index (χ3v) is 3.27. The second-order valence-electron chi connectivity index (χ2n) is 4.79. The molecule has 0 saturated heterocycles. The predicted octanol–water partition coefficient (Wildman–Crippen LogP) is 3.96. The second-order valence-corrected chi connectivity index (χ2v) is 4.79. The Labute approximate surface area is 118 Å². The maximum absolute atomic E-state index is 5.97. The van der Waals surface area contributed by atoms with E-state index < -0.39 is 0 Å². The maximum Gasteiger partial charge on any atom is 0.122 e. The molecule has 0 aliphatic heterocycles. The standard InChI is InChI=1S/C17H16N2O/c1-12(14-4-2-6-15(18)10-14)20-16-8-7-13-5-3-9-19-17(13)11-16/h2-12H,18H2,1H3. The summed E-state index contributed by atoms with van der Waals surface area (Å²) in [6.45, 7) is 2.01. The molecule has 3 heteroatoms. The molecule has 0 saturated carbocycles. The number of anilines is 1. The van der Waals surface area contributed by atoms with Crippen LogP contribution in [0.4, 0.5) is 5.69 Å². The Morgan fingerprint density at radius 3 is 2.80 bits per heavy atom. The predicted molar refractivity (Wildman–Crippen MR) is 81.6 cm³/mol. The number of fused-ring (bicyclic) bond motifs is 1. The Morgan fingerprint density at radius 2 is 1.95 bits per heavy atom. The first-order valence-corrected chi connectivity index (χ1v) is 6.59. The first-order chi connectivity index (χ1) is 9.72. The largest absolute Gasteiger partial charge is 0.486 e. The van der Waals surface area contributed by atoms with Crippen LogP contribution in [0.5, 0.6) is 5.75 Å². The molecule has 0 fully saturated rings. The van der Waals surface area contributed by atoms with Crippen LogP contribution in [0.3, 0.4) is 0 Å². The van der Waals surface area contributed by atoms with Gasteiger partial charge in [-0.15, -0.1) is 0 Å². The van der Waals surface area contributed by atoms with Crippen molar-refractivity contribution >= 4 is 16.6 Å². The van der Waals surface area contributed by atoms with Gasteiger partial charge in [-0.3, -0.25) is 4.98 Å². The molecule has 1 aromatic heterocycles. The summed E-state index contributed by atoms with van der Waals surface area (Å²) >= 11 is 0. The van der Waals surface area contributed by atoms with E-state index in [1.807, 2.05) is 61.5 Å². The third kappa shape index (κ3) is 2.57. The Hall–Kier alpha value is -2.55. The molecule has 0 aliphatic carbocycles. The minimum Gasteiger partial charge on any atom is -0.486 e. The smallest absolute Gasteiger partial charge is 0.122 e. The lowest BCUT2D eigenvalue weighted by atomic mass is 10.1. The van der Waals surface area contributed by atoms with Crippen LogP contribution in [-0.4, -0.2) is 4.98 Å². The van der Waals surface area contributed by atoms with Gasteiger partial charge in [0.05, 0.1) is 5.52 Å². The zero-order valence-corrected chi connectivity index (χ0v) is 11.3. The first-order valence-electron chi connectivity index (χ1n) is 6.59. The summed E-state index contributed by atoms with van der Waals surface area (Å²) in [6, 6.07) is 17.7. The molecule has 0 aliphatic rings. The van der Waals surface area contributed by atoms with E-state index in [1.165, 1.54) is 0 Å². The number of aromatic nitrogens is 1. The number of nitrogen functional groups attached to an aromatic ring is 1. The molecule has 0 spiro atoms. The Morgan fingerprint density at radius 1 is 1.05 bits per heavy atom. The molecule has 3 nitrogen and oxygen atoms in total. The molecule has 0 radical (unpaired) electrons. The highest BCUT2D eigenvalue weighted by Crippen LogP contribution is 2.25. The van der Waals surface area contributed by atoms with Gasteiger partial charge in [0, 0.05) is 23.3 Å². The first kappa shape index (κ1) is 12.5. The fourth-order valence-electron chi connectivity index (χ4n) is 2.20. The number of ether oxygens (including phenoxy) is 1. The van der Waals surface area contributed by atoms with E-state index in [2.05, 4.69) is 4.98 Å². The molecule has 1 atom stereocenters. The quantitative estimate of drug-likeness (QED) is 0.728. The van der Waals surface area contributed by atoms with Crippen LogP contribution >= 0.6 is 0 Å². The van der Waals surface area contributed by atoms with E-state index >= 15 is 0 Å². The Kier molecular flexibility index (Phi) is 3.25. The molecule has 0 bridgehead atoms. The van der Waals surface area contributed by atoms with E-state index in [0.29, 0.717) is 0 Å².